The Morgan fingerprint density at radius 2 is 1.90 bits per heavy atom. The van der Waals surface area contributed by atoms with Crippen LogP contribution in [0.25, 0.3) is 0 Å². The number of rotatable bonds is 1. The zero-order valence-electron chi connectivity index (χ0n) is 12.5. The van der Waals surface area contributed by atoms with Crippen LogP contribution in [-0.4, -0.2) is 53.0 Å². The fraction of sp³-hybridized carbons (Fsp3) is 0.857. The molecule has 0 aromatic heterocycles. The fourth-order valence-electron chi connectivity index (χ4n) is 3.26. The standard InChI is InChI=1S/C14H23NO5/c1-14(2,3)20-13(18)15-9-7-5-6-8(9)11(16)10(15)12(17)19-4/h8-11,16H,5-7H2,1-4H3/t8-,9+,10+,11-/m0/s1. The van der Waals surface area contributed by atoms with Crippen LogP contribution in [0, 0.1) is 5.92 Å². The fourth-order valence-corrected chi connectivity index (χ4v) is 3.26. The van der Waals surface area contributed by atoms with Gasteiger partial charge in [-0.2, -0.15) is 0 Å². The third-order valence-electron chi connectivity index (χ3n) is 4.00. The SMILES string of the molecule is COC(=O)[C@H]1[C@@H](O)[C@H]2CCC[C@H]2N1C(=O)OC(C)(C)C. The minimum absolute atomic E-state index is 0.0633. The lowest BCUT2D eigenvalue weighted by molar-refractivity contribution is -0.149. The van der Waals surface area contributed by atoms with Gasteiger partial charge in [0, 0.05) is 12.0 Å². The predicted octanol–water partition coefficient (Wildman–Crippen LogP) is 1.31. The third kappa shape index (κ3) is 2.61. The summed E-state index contributed by atoms with van der Waals surface area (Å²) in [7, 11) is 1.26. The Kier molecular flexibility index (Phi) is 3.95. The van der Waals surface area contributed by atoms with Gasteiger partial charge >= 0.3 is 12.1 Å². The molecule has 1 saturated carbocycles. The van der Waals surface area contributed by atoms with E-state index in [0.717, 1.165) is 19.3 Å². The highest BCUT2D eigenvalue weighted by Crippen LogP contribution is 2.42. The van der Waals surface area contributed by atoms with Crippen LogP contribution in [0.15, 0.2) is 0 Å². The molecular weight excluding hydrogens is 262 g/mol. The van der Waals surface area contributed by atoms with Gasteiger partial charge in [0.15, 0.2) is 6.04 Å². The Balaban J connectivity index is 2.25. The van der Waals surface area contributed by atoms with Gasteiger partial charge in [-0.05, 0) is 33.6 Å². The molecular formula is C14H23NO5. The molecule has 1 heterocycles. The van der Waals surface area contributed by atoms with Crippen LogP contribution >= 0.6 is 0 Å². The van der Waals surface area contributed by atoms with Gasteiger partial charge < -0.3 is 14.6 Å². The zero-order valence-corrected chi connectivity index (χ0v) is 12.5. The molecule has 1 aliphatic carbocycles. The quantitative estimate of drug-likeness (QED) is 0.735. The first-order valence-corrected chi connectivity index (χ1v) is 7.03. The Bertz CT molecular complexity index is 403. The van der Waals surface area contributed by atoms with Gasteiger partial charge in [-0.15, -0.1) is 0 Å². The van der Waals surface area contributed by atoms with E-state index in [1.807, 2.05) is 0 Å². The van der Waals surface area contributed by atoms with Gasteiger partial charge in [0.1, 0.15) is 5.60 Å². The number of carbonyl (C=O) groups excluding carboxylic acids is 2. The van der Waals surface area contributed by atoms with Crippen LogP contribution in [0.1, 0.15) is 40.0 Å². The number of likely N-dealkylation sites (tertiary alicyclic amines) is 1. The molecule has 1 N–H and O–H groups in total. The average Bonchev–Trinajstić information content (AvgIpc) is 2.88. The van der Waals surface area contributed by atoms with Crippen LogP contribution in [0.2, 0.25) is 0 Å². The summed E-state index contributed by atoms with van der Waals surface area (Å²) in [5, 5.41) is 10.3. The van der Waals surface area contributed by atoms with Crippen molar-refractivity contribution in [3.63, 3.8) is 0 Å². The van der Waals surface area contributed by atoms with Crippen molar-refractivity contribution in [2.75, 3.05) is 7.11 Å². The second-order valence-corrected chi connectivity index (χ2v) is 6.51. The number of ether oxygens (including phenoxy) is 2. The summed E-state index contributed by atoms with van der Waals surface area (Å²) in [6.07, 6.45) is 1.12. The Morgan fingerprint density at radius 3 is 2.45 bits per heavy atom. The molecule has 2 fully saturated rings. The number of aliphatic hydroxyl groups is 1. The number of carbonyl (C=O) groups is 2. The summed E-state index contributed by atoms with van der Waals surface area (Å²) in [5.74, 6) is -0.649. The van der Waals surface area contributed by atoms with Crippen molar-refractivity contribution in [2.45, 2.75) is 63.8 Å². The van der Waals surface area contributed by atoms with E-state index < -0.39 is 29.8 Å². The summed E-state index contributed by atoms with van der Waals surface area (Å²) in [6, 6.07) is -1.09. The molecule has 0 aromatic carbocycles. The van der Waals surface area contributed by atoms with Crippen molar-refractivity contribution in [1.29, 1.82) is 0 Å². The van der Waals surface area contributed by atoms with Crippen molar-refractivity contribution in [3.05, 3.63) is 0 Å². The predicted molar refractivity (Wildman–Crippen MR) is 71.0 cm³/mol. The minimum Gasteiger partial charge on any atom is -0.467 e. The maximum atomic E-state index is 12.4. The molecule has 0 radical (unpaired) electrons. The lowest BCUT2D eigenvalue weighted by Crippen LogP contribution is -2.50. The summed E-state index contributed by atoms with van der Waals surface area (Å²) >= 11 is 0. The highest BCUT2D eigenvalue weighted by Gasteiger charge is 2.56. The number of esters is 1. The normalized spacial score (nSPS) is 33.0. The lowest BCUT2D eigenvalue weighted by atomic mass is 9.98. The number of nitrogens with zero attached hydrogens (tertiary/aromatic N) is 1. The van der Waals surface area contributed by atoms with Gasteiger partial charge in [-0.3, -0.25) is 4.90 Å². The smallest absolute Gasteiger partial charge is 0.411 e. The molecule has 114 valence electrons. The molecule has 0 bridgehead atoms. The van der Waals surface area contributed by atoms with Crippen LogP contribution in [0.3, 0.4) is 0 Å². The maximum Gasteiger partial charge on any atom is 0.411 e. The minimum atomic E-state index is -0.954. The number of amides is 1. The van der Waals surface area contributed by atoms with Crippen molar-refractivity contribution in [2.24, 2.45) is 5.92 Å². The van der Waals surface area contributed by atoms with E-state index in [0.29, 0.717) is 0 Å². The molecule has 0 unspecified atom stereocenters. The second-order valence-electron chi connectivity index (χ2n) is 6.51. The Morgan fingerprint density at radius 1 is 1.25 bits per heavy atom. The second kappa shape index (κ2) is 5.24. The number of hydrogen-bond acceptors (Lipinski definition) is 5. The molecule has 2 rings (SSSR count). The van der Waals surface area contributed by atoms with Gasteiger partial charge in [0.25, 0.3) is 0 Å². The van der Waals surface area contributed by atoms with E-state index in [4.69, 9.17) is 9.47 Å². The molecule has 1 amide bonds. The van der Waals surface area contributed by atoms with E-state index in [9.17, 15) is 14.7 Å². The van der Waals surface area contributed by atoms with Crippen LogP contribution in [0.5, 0.6) is 0 Å². The first-order chi connectivity index (χ1) is 9.26. The van der Waals surface area contributed by atoms with Crippen molar-refractivity contribution in [3.8, 4) is 0 Å². The largest absolute Gasteiger partial charge is 0.467 e. The number of methoxy groups -OCH3 is 1. The van der Waals surface area contributed by atoms with E-state index in [2.05, 4.69) is 0 Å². The van der Waals surface area contributed by atoms with E-state index in [1.165, 1.54) is 12.0 Å². The maximum absolute atomic E-state index is 12.4. The summed E-state index contributed by atoms with van der Waals surface area (Å²) in [6.45, 7) is 5.32. The molecule has 1 saturated heterocycles. The highest BCUT2D eigenvalue weighted by atomic mass is 16.6. The highest BCUT2D eigenvalue weighted by molar-refractivity contribution is 5.83. The third-order valence-corrected chi connectivity index (χ3v) is 4.00. The van der Waals surface area contributed by atoms with Crippen molar-refractivity contribution >= 4 is 12.1 Å². The number of hydrogen-bond donors (Lipinski definition) is 1. The van der Waals surface area contributed by atoms with Gasteiger partial charge in [-0.1, -0.05) is 6.42 Å². The van der Waals surface area contributed by atoms with Crippen molar-refractivity contribution in [1.82, 2.24) is 4.90 Å². The molecule has 2 aliphatic rings. The zero-order chi connectivity index (χ0) is 15.1. The lowest BCUT2D eigenvalue weighted by Gasteiger charge is -2.31. The molecule has 0 aromatic rings. The average molecular weight is 285 g/mol. The van der Waals surface area contributed by atoms with E-state index in [-0.39, 0.29) is 12.0 Å². The van der Waals surface area contributed by atoms with Crippen LogP contribution in [0.4, 0.5) is 4.79 Å². The Hall–Kier alpha value is -1.30. The molecule has 6 nitrogen and oxygen atoms in total. The van der Waals surface area contributed by atoms with Gasteiger partial charge in [0.05, 0.1) is 13.2 Å². The molecule has 1 aliphatic heterocycles. The summed E-state index contributed by atoms with van der Waals surface area (Å²) in [4.78, 5) is 25.7. The number of aliphatic hydroxyl groups excluding tert-OH is 1. The summed E-state index contributed by atoms with van der Waals surface area (Å²) < 4.78 is 10.1. The van der Waals surface area contributed by atoms with Crippen LogP contribution < -0.4 is 0 Å². The van der Waals surface area contributed by atoms with Gasteiger partial charge in [0.2, 0.25) is 0 Å². The molecule has 0 spiro atoms. The van der Waals surface area contributed by atoms with Gasteiger partial charge in [-0.25, -0.2) is 9.59 Å². The summed E-state index contributed by atoms with van der Waals surface area (Å²) in [5.41, 5.74) is -0.639. The van der Waals surface area contributed by atoms with E-state index >= 15 is 0 Å². The molecule has 20 heavy (non-hydrogen) atoms. The van der Waals surface area contributed by atoms with E-state index in [1.54, 1.807) is 20.8 Å². The van der Waals surface area contributed by atoms with Crippen LogP contribution in [-0.2, 0) is 14.3 Å². The monoisotopic (exact) mass is 285 g/mol. The first kappa shape index (κ1) is 15.1. The Labute approximate surface area is 119 Å². The number of fused-ring (bicyclic) bond motifs is 1. The molecule has 4 atom stereocenters. The molecule has 6 heteroatoms. The topological polar surface area (TPSA) is 76.1 Å². The van der Waals surface area contributed by atoms with Crippen molar-refractivity contribution < 1.29 is 24.2 Å². The first-order valence-electron chi connectivity index (χ1n) is 7.03.